The van der Waals surface area contributed by atoms with Crippen molar-refractivity contribution in [2.24, 2.45) is 0 Å². The number of ether oxygens (including phenoxy) is 1. The molecule has 2 heterocycles. The lowest BCUT2D eigenvalue weighted by molar-refractivity contribution is -0.146. The highest BCUT2D eigenvalue weighted by molar-refractivity contribution is 5.87. The molecular weight excluding hydrogens is 256 g/mol. The van der Waals surface area contributed by atoms with Gasteiger partial charge in [0, 0.05) is 18.7 Å². The van der Waals surface area contributed by atoms with Crippen LogP contribution in [0.15, 0.2) is 24.3 Å². The predicted molar refractivity (Wildman–Crippen MR) is 75.6 cm³/mol. The molecule has 1 fully saturated rings. The molecule has 2 aliphatic heterocycles. The molecule has 2 unspecified atom stereocenters. The normalized spacial score (nSPS) is 28.9. The Morgan fingerprint density at radius 2 is 2.30 bits per heavy atom. The van der Waals surface area contributed by atoms with E-state index in [1.807, 2.05) is 30.0 Å². The van der Waals surface area contributed by atoms with E-state index < -0.39 is 0 Å². The van der Waals surface area contributed by atoms with Gasteiger partial charge in [0.1, 0.15) is 6.04 Å². The Morgan fingerprint density at radius 3 is 3.05 bits per heavy atom. The topological polar surface area (TPSA) is 61.8 Å². The third-order valence-corrected chi connectivity index (χ3v) is 4.06. The first kappa shape index (κ1) is 13.4. The van der Waals surface area contributed by atoms with Crippen LogP contribution < -0.4 is 5.32 Å². The number of amides is 1. The molecule has 1 saturated heterocycles. The average Bonchev–Trinajstić information content (AvgIpc) is 2.91. The molecular formula is C15H20N2O3. The summed E-state index contributed by atoms with van der Waals surface area (Å²) in [4.78, 5) is 14.5. The fourth-order valence-corrected chi connectivity index (χ4v) is 2.88. The van der Waals surface area contributed by atoms with Crippen LogP contribution >= 0.6 is 0 Å². The van der Waals surface area contributed by atoms with Gasteiger partial charge in [-0.3, -0.25) is 4.79 Å². The van der Waals surface area contributed by atoms with Crippen LogP contribution in [-0.4, -0.2) is 53.9 Å². The standard InChI is InChI=1S/C15H20N2O3/c1-10-9-20-12(8-18)7-17(10)15(19)14-6-11-4-2-3-5-13(11)16-14/h2-5,10,12,14,16,18H,6-9H2,1H3/t10?,12?,14-/m0/s1. The van der Waals surface area contributed by atoms with Crippen LogP contribution in [0, 0.1) is 0 Å². The van der Waals surface area contributed by atoms with Gasteiger partial charge in [-0.05, 0) is 18.6 Å². The number of nitrogens with zero attached hydrogens (tertiary/aromatic N) is 1. The Labute approximate surface area is 118 Å². The molecule has 1 amide bonds. The molecule has 2 aliphatic rings. The zero-order chi connectivity index (χ0) is 14.1. The van der Waals surface area contributed by atoms with Gasteiger partial charge in [0.15, 0.2) is 0 Å². The second-order valence-corrected chi connectivity index (χ2v) is 5.54. The number of para-hydroxylation sites is 1. The SMILES string of the molecule is CC1COC(CO)CN1C(=O)[C@@H]1Cc2ccccc2N1. The Hall–Kier alpha value is -1.59. The zero-order valence-electron chi connectivity index (χ0n) is 11.6. The molecule has 0 spiro atoms. The number of anilines is 1. The molecule has 0 bridgehead atoms. The molecule has 20 heavy (non-hydrogen) atoms. The van der Waals surface area contributed by atoms with E-state index in [1.54, 1.807) is 0 Å². The van der Waals surface area contributed by atoms with Crippen LogP contribution in [0.2, 0.25) is 0 Å². The maximum absolute atomic E-state index is 12.7. The predicted octanol–water partition coefficient (Wildman–Crippen LogP) is 0.631. The highest BCUT2D eigenvalue weighted by Gasteiger charge is 2.35. The van der Waals surface area contributed by atoms with E-state index in [0.717, 1.165) is 12.1 Å². The van der Waals surface area contributed by atoms with Crippen molar-refractivity contribution in [3.63, 3.8) is 0 Å². The van der Waals surface area contributed by atoms with Crippen molar-refractivity contribution in [1.82, 2.24) is 4.90 Å². The van der Waals surface area contributed by atoms with Gasteiger partial charge in [0.25, 0.3) is 0 Å². The first-order valence-corrected chi connectivity index (χ1v) is 7.06. The summed E-state index contributed by atoms with van der Waals surface area (Å²) in [5.74, 6) is 0.0930. The van der Waals surface area contributed by atoms with Gasteiger partial charge < -0.3 is 20.1 Å². The fourth-order valence-electron chi connectivity index (χ4n) is 2.88. The van der Waals surface area contributed by atoms with Gasteiger partial charge in [0.05, 0.1) is 25.4 Å². The summed E-state index contributed by atoms with van der Waals surface area (Å²) in [6, 6.07) is 7.87. The quantitative estimate of drug-likeness (QED) is 0.832. The minimum atomic E-state index is -0.265. The van der Waals surface area contributed by atoms with E-state index >= 15 is 0 Å². The van der Waals surface area contributed by atoms with Crippen molar-refractivity contribution in [3.05, 3.63) is 29.8 Å². The summed E-state index contributed by atoms with van der Waals surface area (Å²) < 4.78 is 5.48. The summed E-state index contributed by atoms with van der Waals surface area (Å²) in [7, 11) is 0. The van der Waals surface area contributed by atoms with Gasteiger partial charge in [0.2, 0.25) is 5.91 Å². The van der Waals surface area contributed by atoms with Gasteiger partial charge in [-0.1, -0.05) is 18.2 Å². The molecule has 0 saturated carbocycles. The smallest absolute Gasteiger partial charge is 0.245 e. The molecule has 1 aromatic rings. The number of aliphatic hydroxyl groups is 1. The number of benzene rings is 1. The summed E-state index contributed by atoms with van der Waals surface area (Å²) >= 11 is 0. The lowest BCUT2D eigenvalue weighted by atomic mass is 10.1. The maximum Gasteiger partial charge on any atom is 0.245 e. The van der Waals surface area contributed by atoms with Crippen molar-refractivity contribution >= 4 is 11.6 Å². The lowest BCUT2D eigenvalue weighted by Crippen LogP contribution is -2.55. The number of carbonyl (C=O) groups excluding carboxylic acids is 1. The molecule has 5 heteroatoms. The molecule has 3 atom stereocenters. The number of morpholine rings is 1. The van der Waals surface area contributed by atoms with E-state index in [2.05, 4.69) is 11.4 Å². The number of nitrogens with one attached hydrogen (secondary N) is 1. The number of aliphatic hydroxyl groups excluding tert-OH is 1. The highest BCUT2D eigenvalue weighted by atomic mass is 16.5. The highest BCUT2D eigenvalue weighted by Crippen LogP contribution is 2.27. The van der Waals surface area contributed by atoms with Crippen molar-refractivity contribution in [2.45, 2.75) is 31.5 Å². The first-order chi connectivity index (χ1) is 9.69. The first-order valence-electron chi connectivity index (χ1n) is 7.06. The number of carbonyl (C=O) groups is 1. The van der Waals surface area contributed by atoms with Crippen molar-refractivity contribution < 1.29 is 14.6 Å². The van der Waals surface area contributed by atoms with Gasteiger partial charge in [-0.15, -0.1) is 0 Å². The number of rotatable bonds is 2. The van der Waals surface area contributed by atoms with E-state index in [4.69, 9.17) is 4.74 Å². The van der Waals surface area contributed by atoms with E-state index in [9.17, 15) is 9.90 Å². The summed E-state index contributed by atoms with van der Waals surface area (Å²) in [6.45, 7) is 2.88. The van der Waals surface area contributed by atoms with Gasteiger partial charge in [-0.25, -0.2) is 0 Å². The molecule has 108 valence electrons. The van der Waals surface area contributed by atoms with Crippen LogP contribution in [0.1, 0.15) is 12.5 Å². The number of hydrogen-bond acceptors (Lipinski definition) is 4. The van der Waals surface area contributed by atoms with E-state index in [1.165, 1.54) is 5.56 Å². The Kier molecular flexibility index (Phi) is 3.63. The van der Waals surface area contributed by atoms with Crippen LogP contribution in [-0.2, 0) is 16.0 Å². The van der Waals surface area contributed by atoms with Gasteiger partial charge in [-0.2, -0.15) is 0 Å². The van der Waals surface area contributed by atoms with Crippen LogP contribution in [0.4, 0.5) is 5.69 Å². The van der Waals surface area contributed by atoms with Crippen molar-refractivity contribution in [2.75, 3.05) is 25.1 Å². The monoisotopic (exact) mass is 276 g/mol. The second-order valence-electron chi connectivity index (χ2n) is 5.54. The fraction of sp³-hybridized carbons (Fsp3) is 0.533. The molecule has 0 aromatic heterocycles. The largest absolute Gasteiger partial charge is 0.394 e. The number of hydrogen-bond donors (Lipinski definition) is 2. The minimum Gasteiger partial charge on any atom is -0.394 e. The molecule has 5 nitrogen and oxygen atoms in total. The second kappa shape index (κ2) is 5.42. The van der Waals surface area contributed by atoms with Crippen LogP contribution in [0.25, 0.3) is 0 Å². The van der Waals surface area contributed by atoms with E-state index in [-0.39, 0.29) is 30.7 Å². The molecule has 0 radical (unpaired) electrons. The van der Waals surface area contributed by atoms with Crippen LogP contribution in [0.3, 0.4) is 0 Å². The van der Waals surface area contributed by atoms with Gasteiger partial charge >= 0.3 is 0 Å². The van der Waals surface area contributed by atoms with Crippen molar-refractivity contribution in [1.29, 1.82) is 0 Å². The Balaban J connectivity index is 1.70. The molecule has 3 rings (SSSR count). The third kappa shape index (κ3) is 2.39. The van der Waals surface area contributed by atoms with Crippen molar-refractivity contribution in [3.8, 4) is 0 Å². The molecule has 0 aliphatic carbocycles. The third-order valence-electron chi connectivity index (χ3n) is 4.06. The van der Waals surface area contributed by atoms with Crippen LogP contribution in [0.5, 0.6) is 0 Å². The molecule has 2 N–H and O–H groups in total. The molecule has 1 aromatic carbocycles. The lowest BCUT2D eigenvalue weighted by Gasteiger charge is -2.38. The zero-order valence-corrected chi connectivity index (χ0v) is 11.6. The Bertz CT molecular complexity index is 481. The summed E-state index contributed by atoms with van der Waals surface area (Å²) in [5, 5.41) is 12.5. The minimum absolute atomic E-state index is 0.0468. The average molecular weight is 276 g/mol. The maximum atomic E-state index is 12.7. The number of fused-ring (bicyclic) bond motifs is 1. The summed E-state index contributed by atoms with van der Waals surface area (Å²) in [5.41, 5.74) is 2.23. The van der Waals surface area contributed by atoms with E-state index in [0.29, 0.717) is 13.2 Å². The Morgan fingerprint density at radius 1 is 1.50 bits per heavy atom. The summed E-state index contributed by atoms with van der Waals surface area (Å²) in [6.07, 6.45) is 0.460.